The summed E-state index contributed by atoms with van der Waals surface area (Å²) in [5.74, 6) is -0.807. The van der Waals surface area contributed by atoms with Gasteiger partial charge >= 0.3 is 5.97 Å². The maximum absolute atomic E-state index is 10.7. The number of aliphatic carboxylic acids is 1. The maximum atomic E-state index is 10.7. The molecule has 82 valence electrons. The molecule has 1 atom stereocenters. The largest absolute Gasteiger partial charge is 0.480 e. The normalized spacial score (nSPS) is 12.4. The highest BCUT2D eigenvalue weighted by Gasteiger charge is 2.14. The summed E-state index contributed by atoms with van der Waals surface area (Å²) in [5.41, 5.74) is 2.18. The molecule has 1 aromatic heterocycles. The van der Waals surface area contributed by atoms with Crippen molar-refractivity contribution in [3.8, 4) is 0 Å². The molecule has 1 unspecified atom stereocenters. The molecule has 0 aliphatic rings. The van der Waals surface area contributed by atoms with E-state index >= 15 is 0 Å². The van der Waals surface area contributed by atoms with Crippen molar-refractivity contribution in [1.82, 2.24) is 10.3 Å². The number of rotatable bonds is 5. The quantitative estimate of drug-likeness (QED) is 0.757. The first-order valence-corrected chi connectivity index (χ1v) is 4.94. The monoisotopic (exact) mass is 208 g/mol. The van der Waals surface area contributed by atoms with Gasteiger partial charge in [-0.15, -0.1) is 0 Å². The van der Waals surface area contributed by atoms with Gasteiger partial charge in [0.05, 0.1) is 0 Å². The number of carboxylic acid groups (broad SMARTS) is 1. The molecule has 0 aliphatic carbocycles. The lowest BCUT2D eigenvalue weighted by molar-refractivity contribution is -0.139. The number of pyridine rings is 1. The standard InChI is InChI=1S/C11H16N2O2/c1-8-5-9(7-13-6-8)3-4-10(12-2)11(14)15/h5-7,10,12H,3-4H2,1-2H3,(H,14,15). The van der Waals surface area contributed by atoms with E-state index in [1.165, 1.54) is 0 Å². The molecule has 4 nitrogen and oxygen atoms in total. The van der Waals surface area contributed by atoms with Gasteiger partial charge in [-0.1, -0.05) is 6.07 Å². The highest BCUT2D eigenvalue weighted by Crippen LogP contribution is 2.06. The van der Waals surface area contributed by atoms with Gasteiger partial charge in [-0.3, -0.25) is 9.78 Å². The summed E-state index contributed by atoms with van der Waals surface area (Å²) in [4.78, 5) is 14.8. The number of aromatic nitrogens is 1. The number of nitrogens with one attached hydrogen (secondary N) is 1. The minimum atomic E-state index is -0.807. The molecule has 0 bridgehead atoms. The smallest absolute Gasteiger partial charge is 0.320 e. The molecular weight excluding hydrogens is 192 g/mol. The molecule has 2 N–H and O–H groups in total. The Kier molecular flexibility index (Phi) is 4.24. The molecule has 0 amide bonds. The first-order chi connectivity index (χ1) is 7.13. The molecule has 15 heavy (non-hydrogen) atoms. The first-order valence-electron chi connectivity index (χ1n) is 4.94. The van der Waals surface area contributed by atoms with Crippen molar-refractivity contribution in [2.45, 2.75) is 25.8 Å². The number of nitrogens with zero attached hydrogens (tertiary/aromatic N) is 1. The number of likely N-dealkylation sites (N-methyl/N-ethyl adjacent to an activating group) is 1. The van der Waals surface area contributed by atoms with Gasteiger partial charge in [-0.25, -0.2) is 0 Å². The Hall–Kier alpha value is -1.42. The van der Waals surface area contributed by atoms with Gasteiger partial charge in [0.25, 0.3) is 0 Å². The third-order valence-electron chi connectivity index (χ3n) is 2.30. The molecule has 0 saturated carbocycles. The summed E-state index contributed by atoms with van der Waals surface area (Å²) < 4.78 is 0. The van der Waals surface area contributed by atoms with Crippen LogP contribution in [0.3, 0.4) is 0 Å². The summed E-state index contributed by atoms with van der Waals surface area (Å²) >= 11 is 0. The summed E-state index contributed by atoms with van der Waals surface area (Å²) in [6.07, 6.45) is 4.88. The Balaban J connectivity index is 2.52. The van der Waals surface area contributed by atoms with Gasteiger partial charge in [-0.2, -0.15) is 0 Å². The second-order valence-electron chi connectivity index (χ2n) is 3.59. The van der Waals surface area contributed by atoms with Gasteiger partial charge in [0, 0.05) is 12.4 Å². The van der Waals surface area contributed by atoms with Crippen LogP contribution >= 0.6 is 0 Å². The molecular formula is C11H16N2O2. The second-order valence-corrected chi connectivity index (χ2v) is 3.59. The van der Waals surface area contributed by atoms with E-state index < -0.39 is 12.0 Å². The lowest BCUT2D eigenvalue weighted by atomic mass is 10.1. The lowest BCUT2D eigenvalue weighted by Crippen LogP contribution is -2.34. The SMILES string of the molecule is CNC(CCc1cncc(C)c1)C(=O)O. The predicted octanol–water partition coefficient (Wildman–Crippen LogP) is 0.995. The highest BCUT2D eigenvalue weighted by atomic mass is 16.4. The minimum absolute atomic E-state index is 0.481. The molecule has 0 fully saturated rings. The second kappa shape index (κ2) is 5.46. The van der Waals surface area contributed by atoms with Crippen molar-refractivity contribution in [1.29, 1.82) is 0 Å². The average molecular weight is 208 g/mol. The molecule has 0 aromatic carbocycles. The van der Waals surface area contributed by atoms with Gasteiger partial charge in [0.1, 0.15) is 6.04 Å². The third kappa shape index (κ3) is 3.67. The van der Waals surface area contributed by atoms with Gasteiger partial charge < -0.3 is 10.4 Å². The summed E-state index contributed by atoms with van der Waals surface area (Å²) in [5, 5.41) is 11.6. The molecule has 0 saturated heterocycles. The molecule has 1 heterocycles. The summed E-state index contributed by atoms with van der Waals surface area (Å²) in [6, 6.07) is 1.55. The number of hydrogen-bond donors (Lipinski definition) is 2. The topological polar surface area (TPSA) is 62.2 Å². The van der Waals surface area contributed by atoms with Crippen LogP contribution in [0.1, 0.15) is 17.5 Å². The summed E-state index contributed by atoms with van der Waals surface area (Å²) in [7, 11) is 1.66. The first kappa shape index (κ1) is 11.7. The number of carboxylic acids is 1. The Bertz CT molecular complexity index is 339. The van der Waals surface area contributed by atoms with E-state index in [0.717, 1.165) is 17.5 Å². The number of hydrogen-bond acceptors (Lipinski definition) is 3. The van der Waals surface area contributed by atoms with Crippen LogP contribution in [0.4, 0.5) is 0 Å². The maximum Gasteiger partial charge on any atom is 0.320 e. The Morgan fingerprint density at radius 2 is 2.33 bits per heavy atom. The van der Waals surface area contributed by atoms with Crippen LogP contribution in [-0.4, -0.2) is 29.1 Å². The van der Waals surface area contributed by atoms with E-state index in [-0.39, 0.29) is 0 Å². The molecule has 1 rings (SSSR count). The van der Waals surface area contributed by atoms with Crippen LogP contribution in [0.2, 0.25) is 0 Å². The zero-order valence-electron chi connectivity index (χ0n) is 9.03. The van der Waals surface area contributed by atoms with Crippen LogP contribution < -0.4 is 5.32 Å². The minimum Gasteiger partial charge on any atom is -0.480 e. The van der Waals surface area contributed by atoms with Crippen molar-refractivity contribution >= 4 is 5.97 Å². The van der Waals surface area contributed by atoms with E-state index in [1.54, 1.807) is 19.4 Å². The van der Waals surface area contributed by atoms with E-state index in [9.17, 15) is 4.79 Å². The molecule has 0 spiro atoms. The van der Waals surface area contributed by atoms with Crippen LogP contribution in [0.5, 0.6) is 0 Å². The van der Waals surface area contributed by atoms with Crippen LogP contribution in [-0.2, 0) is 11.2 Å². The summed E-state index contributed by atoms with van der Waals surface area (Å²) in [6.45, 7) is 1.98. The van der Waals surface area contributed by atoms with Crippen LogP contribution in [0, 0.1) is 6.92 Å². The number of carbonyl (C=O) groups is 1. The predicted molar refractivity (Wildman–Crippen MR) is 57.8 cm³/mol. The fourth-order valence-corrected chi connectivity index (χ4v) is 1.46. The van der Waals surface area contributed by atoms with Crippen molar-refractivity contribution < 1.29 is 9.90 Å². The van der Waals surface area contributed by atoms with Gasteiger partial charge in [0.15, 0.2) is 0 Å². The molecule has 0 radical (unpaired) electrons. The van der Waals surface area contributed by atoms with E-state index in [4.69, 9.17) is 5.11 Å². The van der Waals surface area contributed by atoms with Crippen molar-refractivity contribution in [2.24, 2.45) is 0 Å². The fourth-order valence-electron chi connectivity index (χ4n) is 1.46. The fraction of sp³-hybridized carbons (Fsp3) is 0.455. The molecule has 0 aliphatic heterocycles. The zero-order valence-corrected chi connectivity index (χ0v) is 9.03. The molecule has 4 heteroatoms. The van der Waals surface area contributed by atoms with Crippen molar-refractivity contribution in [2.75, 3.05) is 7.05 Å². The van der Waals surface area contributed by atoms with Gasteiger partial charge in [-0.05, 0) is 37.9 Å². The Morgan fingerprint density at radius 3 is 2.87 bits per heavy atom. The van der Waals surface area contributed by atoms with Crippen molar-refractivity contribution in [3.05, 3.63) is 29.6 Å². The van der Waals surface area contributed by atoms with E-state index in [1.807, 2.05) is 13.0 Å². The van der Waals surface area contributed by atoms with E-state index in [2.05, 4.69) is 10.3 Å². The average Bonchev–Trinajstić information content (AvgIpc) is 2.18. The van der Waals surface area contributed by atoms with Crippen LogP contribution in [0.25, 0.3) is 0 Å². The highest BCUT2D eigenvalue weighted by molar-refractivity contribution is 5.73. The van der Waals surface area contributed by atoms with E-state index in [0.29, 0.717) is 6.42 Å². The zero-order chi connectivity index (χ0) is 11.3. The Labute approximate surface area is 89.3 Å². The molecule has 1 aromatic rings. The lowest BCUT2D eigenvalue weighted by Gasteiger charge is -2.10. The van der Waals surface area contributed by atoms with Crippen LogP contribution in [0.15, 0.2) is 18.5 Å². The third-order valence-corrected chi connectivity index (χ3v) is 2.30. The Morgan fingerprint density at radius 1 is 1.60 bits per heavy atom. The van der Waals surface area contributed by atoms with Gasteiger partial charge in [0.2, 0.25) is 0 Å². The number of aryl methyl sites for hydroxylation is 2. The van der Waals surface area contributed by atoms with Crippen molar-refractivity contribution in [3.63, 3.8) is 0 Å².